The normalized spacial score (nSPS) is 15.8. The minimum absolute atomic E-state index is 0.179. The molecule has 2 aromatic heterocycles. The van der Waals surface area contributed by atoms with Crippen molar-refractivity contribution >= 4 is 22.1 Å². The zero-order valence-electron chi connectivity index (χ0n) is 12.7. The van der Waals surface area contributed by atoms with Crippen molar-refractivity contribution in [1.82, 2.24) is 14.7 Å². The number of aliphatic hydroxyl groups is 1. The molecule has 2 N–H and O–H groups in total. The van der Waals surface area contributed by atoms with E-state index >= 15 is 0 Å². The van der Waals surface area contributed by atoms with E-state index in [-0.39, 0.29) is 6.61 Å². The number of fused-ring (bicyclic) bond motifs is 1. The van der Waals surface area contributed by atoms with Gasteiger partial charge in [0.25, 0.3) is 0 Å². The Hall–Kier alpha value is -1.11. The summed E-state index contributed by atoms with van der Waals surface area (Å²) >= 11 is 1.66. The van der Waals surface area contributed by atoms with E-state index in [2.05, 4.69) is 40.0 Å². The highest BCUT2D eigenvalue weighted by Crippen LogP contribution is 2.32. The minimum atomic E-state index is 0.179. The molecule has 6 heteroatoms. The Morgan fingerprint density at radius 2 is 2.33 bits per heavy atom. The molecule has 3 rings (SSSR count). The van der Waals surface area contributed by atoms with Gasteiger partial charge in [0.1, 0.15) is 0 Å². The first kappa shape index (κ1) is 14.8. The van der Waals surface area contributed by atoms with Crippen LogP contribution in [0.25, 0.3) is 4.96 Å². The van der Waals surface area contributed by atoms with E-state index in [4.69, 9.17) is 4.98 Å². The number of rotatable bonds is 7. The maximum absolute atomic E-state index is 9.41. The average molecular weight is 308 g/mol. The minimum Gasteiger partial charge on any atom is -0.395 e. The first-order valence-electron chi connectivity index (χ1n) is 7.76. The SMILES string of the molecule is CC(C)NCc1c(N(CCO)C2CCC2)nc2sccn12. The van der Waals surface area contributed by atoms with Gasteiger partial charge < -0.3 is 15.3 Å². The molecule has 0 aliphatic heterocycles. The lowest BCUT2D eigenvalue weighted by atomic mass is 9.91. The second-order valence-corrected chi connectivity index (χ2v) is 6.85. The average Bonchev–Trinajstić information content (AvgIpc) is 2.94. The van der Waals surface area contributed by atoms with E-state index in [0.717, 1.165) is 17.3 Å². The number of imidazole rings is 1. The van der Waals surface area contributed by atoms with Gasteiger partial charge in [-0.3, -0.25) is 4.40 Å². The van der Waals surface area contributed by atoms with Crippen LogP contribution in [0.1, 0.15) is 38.8 Å². The van der Waals surface area contributed by atoms with Crippen molar-refractivity contribution in [3.63, 3.8) is 0 Å². The van der Waals surface area contributed by atoms with Crippen molar-refractivity contribution in [2.75, 3.05) is 18.1 Å². The van der Waals surface area contributed by atoms with E-state index in [1.165, 1.54) is 25.0 Å². The van der Waals surface area contributed by atoms with Crippen LogP contribution in [0.3, 0.4) is 0 Å². The van der Waals surface area contributed by atoms with E-state index in [0.29, 0.717) is 18.6 Å². The molecule has 1 aliphatic rings. The molecule has 1 saturated carbocycles. The number of thiazole rings is 1. The Balaban J connectivity index is 1.94. The highest BCUT2D eigenvalue weighted by atomic mass is 32.1. The molecule has 0 amide bonds. The van der Waals surface area contributed by atoms with Crippen LogP contribution >= 0.6 is 11.3 Å². The third-order valence-corrected chi connectivity index (χ3v) is 4.90. The summed E-state index contributed by atoms with van der Waals surface area (Å²) in [5, 5.41) is 15.0. The van der Waals surface area contributed by atoms with Gasteiger partial charge in [-0.15, -0.1) is 11.3 Å². The Kier molecular flexibility index (Phi) is 4.47. The van der Waals surface area contributed by atoms with Gasteiger partial charge in [0.15, 0.2) is 10.8 Å². The number of hydrogen-bond acceptors (Lipinski definition) is 5. The number of anilines is 1. The first-order chi connectivity index (χ1) is 10.2. The summed E-state index contributed by atoms with van der Waals surface area (Å²) in [4.78, 5) is 8.17. The molecule has 5 nitrogen and oxygen atoms in total. The molecule has 116 valence electrons. The van der Waals surface area contributed by atoms with Crippen LogP contribution in [0, 0.1) is 0 Å². The maximum atomic E-state index is 9.41. The van der Waals surface area contributed by atoms with Crippen LogP contribution in [0.5, 0.6) is 0 Å². The van der Waals surface area contributed by atoms with E-state index in [1.807, 2.05) is 0 Å². The van der Waals surface area contributed by atoms with E-state index in [1.54, 1.807) is 11.3 Å². The molecule has 0 atom stereocenters. The molecule has 1 fully saturated rings. The summed E-state index contributed by atoms with van der Waals surface area (Å²) in [7, 11) is 0. The highest BCUT2D eigenvalue weighted by molar-refractivity contribution is 7.15. The van der Waals surface area contributed by atoms with Crippen molar-refractivity contribution in [3.8, 4) is 0 Å². The van der Waals surface area contributed by atoms with Gasteiger partial charge >= 0.3 is 0 Å². The summed E-state index contributed by atoms with van der Waals surface area (Å²) in [5.41, 5.74) is 1.21. The second kappa shape index (κ2) is 6.34. The standard InChI is InChI=1S/C15H24N4OS/c1-11(2)16-10-13-14(17-15-19(13)7-9-21-15)18(6-8-20)12-4-3-5-12/h7,9,11-12,16,20H,3-6,8,10H2,1-2H3. The molecule has 2 heterocycles. The van der Waals surface area contributed by atoms with Crippen molar-refractivity contribution in [1.29, 1.82) is 0 Å². The van der Waals surface area contributed by atoms with Gasteiger partial charge in [-0.2, -0.15) is 0 Å². The third-order valence-electron chi connectivity index (χ3n) is 4.15. The number of nitrogens with one attached hydrogen (secondary N) is 1. The van der Waals surface area contributed by atoms with Gasteiger partial charge in [0, 0.05) is 36.8 Å². The van der Waals surface area contributed by atoms with Crippen molar-refractivity contribution in [2.45, 2.75) is 51.7 Å². The molecule has 2 aromatic rings. The third kappa shape index (κ3) is 2.93. The van der Waals surface area contributed by atoms with Gasteiger partial charge in [-0.05, 0) is 19.3 Å². The quantitative estimate of drug-likeness (QED) is 0.824. The fourth-order valence-electron chi connectivity index (χ4n) is 2.78. The topological polar surface area (TPSA) is 52.8 Å². The largest absolute Gasteiger partial charge is 0.395 e. The van der Waals surface area contributed by atoms with Gasteiger partial charge in [-0.1, -0.05) is 13.8 Å². The molecule has 0 aromatic carbocycles. The highest BCUT2D eigenvalue weighted by Gasteiger charge is 2.29. The number of nitrogens with zero attached hydrogens (tertiary/aromatic N) is 3. The molecule has 21 heavy (non-hydrogen) atoms. The lowest BCUT2D eigenvalue weighted by Gasteiger charge is -2.38. The second-order valence-electron chi connectivity index (χ2n) is 5.98. The number of hydrogen-bond donors (Lipinski definition) is 2. The Bertz CT molecular complexity index is 588. The molecular formula is C15H24N4OS. The number of aromatic nitrogens is 2. The van der Waals surface area contributed by atoms with Crippen LogP contribution in [0.2, 0.25) is 0 Å². The van der Waals surface area contributed by atoms with Crippen LogP contribution in [-0.4, -0.2) is 39.7 Å². The van der Waals surface area contributed by atoms with Gasteiger partial charge in [0.2, 0.25) is 0 Å². The summed E-state index contributed by atoms with van der Waals surface area (Å²) < 4.78 is 2.18. The van der Waals surface area contributed by atoms with E-state index in [9.17, 15) is 5.11 Å². The molecule has 0 unspecified atom stereocenters. The predicted octanol–water partition coefficient (Wildman–Crippen LogP) is 2.25. The fourth-order valence-corrected chi connectivity index (χ4v) is 3.51. The summed E-state index contributed by atoms with van der Waals surface area (Å²) in [6, 6.07) is 0.983. The van der Waals surface area contributed by atoms with Crippen LogP contribution in [0.4, 0.5) is 5.82 Å². The molecule has 0 radical (unpaired) electrons. The van der Waals surface area contributed by atoms with Crippen molar-refractivity contribution < 1.29 is 5.11 Å². The smallest absolute Gasteiger partial charge is 0.195 e. The molecule has 0 saturated heterocycles. The van der Waals surface area contributed by atoms with E-state index < -0.39 is 0 Å². The predicted molar refractivity (Wildman–Crippen MR) is 87.1 cm³/mol. The molecular weight excluding hydrogens is 284 g/mol. The maximum Gasteiger partial charge on any atom is 0.195 e. The first-order valence-corrected chi connectivity index (χ1v) is 8.64. The molecule has 0 spiro atoms. The zero-order chi connectivity index (χ0) is 14.8. The van der Waals surface area contributed by atoms with Crippen LogP contribution < -0.4 is 10.2 Å². The van der Waals surface area contributed by atoms with Crippen LogP contribution in [-0.2, 0) is 6.54 Å². The summed E-state index contributed by atoms with van der Waals surface area (Å²) in [5.74, 6) is 1.05. The summed E-state index contributed by atoms with van der Waals surface area (Å²) in [6.07, 6.45) is 5.80. The Morgan fingerprint density at radius 3 is 2.95 bits per heavy atom. The van der Waals surface area contributed by atoms with Gasteiger partial charge in [0.05, 0.1) is 12.3 Å². The monoisotopic (exact) mass is 308 g/mol. The van der Waals surface area contributed by atoms with Crippen molar-refractivity contribution in [3.05, 3.63) is 17.3 Å². The molecule has 0 bridgehead atoms. The van der Waals surface area contributed by atoms with Gasteiger partial charge in [-0.25, -0.2) is 4.98 Å². The zero-order valence-corrected chi connectivity index (χ0v) is 13.6. The summed E-state index contributed by atoms with van der Waals surface area (Å²) in [6.45, 7) is 5.97. The van der Waals surface area contributed by atoms with Crippen molar-refractivity contribution in [2.24, 2.45) is 0 Å². The Morgan fingerprint density at radius 1 is 1.52 bits per heavy atom. The molecule has 1 aliphatic carbocycles. The Labute approximate surface area is 129 Å². The number of aliphatic hydroxyl groups excluding tert-OH is 1. The lowest BCUT2D eigenvalue weighted by Crippen LogP contribution is -2.43. The fraction of sp³-hybridized carbons (Fsp3) is 0.667. The lowest BCUT2D eigenvalue weighted by molar-refractivity contribution is 0.282. The van der Waals surface area contributed by atoms with Crippen LogP contribution in [0.15, 0.2) is 11.6 Å².